The van der Waals surface area contributed by atoms with Crippen LogP contribution in [-0.4, -0.2) is 32.8 Å². The van der Waals surface area contributed by atoms with Gasteiger partial charge in [-0.15, -0.1) is 11.3 Å². The van der Waals surface area contributed by atoms with Gasteiger partial charge in [0.05, 0.1) is 5.39 Å². The SMILES string of the molecule is Cc1cc(C(=O)N(C)Cc2csc3ccccc23)nc2[nH]c(=O)[nH]c(=O)c12. The van der Waals surface area contributed by atoms with Gasteiger partial charge in [0.25, 0.3) is 11.5 Å². The van der Waals surface area contributed by atoms with E-state index in [-0.39, 0.29) is 22.6 Å². The van der Waals surface area contributed by atoms with Crippen LogP contribution >= 0.6 is 11.3 Å². The van der Waals surface area contributed by atoms with Gasteiger partial charge in [0, 0.05) is 18.3 Å². The fourth-order valence-corrected chi connectivity index (χ4v) is 4.10. The monoisotopic (exact) mass is 380 g/mol. The molecule has 3 aromatic heterocycles. The van der Waals surface area contributed by atoms with Gasteiger partial charge in [-0.3, -0.25) is 19.6 Å². The molecular formula is C19H16N4O3S. The first-order valence-electron chi connectivity index (χ1n) is 8.28. The Labute approximate surface area is 157 Å². The Bertz CT molecular complexity index is 1300. The van der Waals surface area contributed by atoms with Crippen LogP contribution in [0.2, 0.25) is 0 Å². The fourth-order valence-electron chi connectivity index (χ4n) is 3.14. The molecule has 0 fully saturated rings. The van der Waals surface area contributed by atoms with E-state index in [1.54, 1.807) is 36.3 Å². The van der Waals surface area contributed by atoms with Crippen molar-refractivity contribution in [1.29, 1.82) is 0 Å². The number of carbonyl (C=O) groups excluding carboxylic acids is 1. The molecule has 0 atom stereocenters. The molecule has 0 aliphatic carbocycles. The molecule has 8 heteroatoms. The van der Waals surface area contributed by atoms with Crippen LogP contribution in [0.1, 0.15) is 21.6 Å². The smallest absolute Gasteiger partial charge is 0.327 e. The molecule has 0 aliphatic rings. The zero-order valence-electron chi connectivity index (χ0n) is 14.7. The molecular weight excluding hydrogens is 364 g/mol. The molecule has 0 saturated heterocycles. The molecule has 0 unspecified atom stereocenters. The van der Waals surface area contributed by atoms with Crippen molar-refractivity contribution in [3.8, 4) is 0 Å². The minimum absolute atomic E-state index is 0.112. The molecule has 0 aliphatic heterocycles. The number of pyridine rings is 1. The van der Waals surface area contributed by atoms with Crippen LogP contribution in [0, 0.1) is 6.92 Å². The molecule has 136 valence electrons. The molecule has 3 heterocycles. The Hall–Kier alpha value is -3.26. The van der Waals surface area contributed by atoms with E-state index in [2.05, 4.69) is 15.0 Å². The number of carbonyl (C=O) groups is 1. The second kappa shape index (κ2) is 6.48. The molecule has 4 aromatic rings. The molecule has 0 bridgehead atoms. The van der Waals surface area contributed by atoms with E-state index < -0.39 is 11.2 Å². The number of nitrogens with zero attached hydrogens (tertiary/aromatic N) is 2. The van der Waals surface area contributed by atoms with Crippen molar-refractivity contribution < 1.29 is 4.79 Å². The van der Waals surface area contributed by atoms with E-state index >= 15 is 0 Å². The summed E-state index contributed by atoms with van der Waals surface area (Å²) in [5.41, 5.74) is 0.770. The second-order valence-electron chi connectivity index (χ2n) is 6.37. The summed E-state index contributed by atoms with van der Waals surface area (Å²) in [6, 6.07) is 9.62. The van der Waals surface area contributed by atoms with Crippen molar-refractivity contribution in [3.63, 3.8) is 0 Å². The lowest BCUT2D eigenvalue weighted by Gasteiger charge is -2.17. The minimum atomic E-state index is -0.651. The number of hydrogen-bond acceptors (Lipinski definition) is 5. The summed E-state index contributed by atoms with van der Waals surface area (Å²) in [5.74, 6) is -0.281. The molecule has 27 heavy (non-hydrogen) atoms. The third-order valence-electron chi connectivity index (χ3n) is 4.44. The van der Waals surface area contributed by atoms with Gasteiger partial charge in [-0.2, -0.15) is 0 Å². The highest BCUT2D eigenvalue weighted by atomic mass is 32.1. The maximum absolute atomic E-state index is 12.9. The summed E-state index contributed by atoms with van der Waals surface area (Å²) >= 11 is 1.64. The van der Waals surface area contributed by atoms with Crippen molar-refractivity contribution in [1.82, 2.24) is 19.9 Å². The van der Waals surface area contributed by atoms with Crippen LogP contribution in [0.3, 0.4) is 0 Å². The first kappa shape index (κ1) is 17.2. The number of amides is 1. The standard InChI is InChI=1S/C19H16N4O3S/c1-10-7-13(20-16-15(10)17(24)22-19(26)21-16)18(25)23(2)8-11-9-27-14-6-4-3-5-12(11)14/h3-7,9H,8H2,1-2H3,(H2,20,21,22,24,26). The van der Waals surface area contributed by atoms with Crippen LogP contribution in [0.25, 0.3) is 21.1 Å². The van der Waals surface area contributed by atoms with Crippen LogP contribution in [-0.2, 0) is 6.54 Å². The number of H-pyrrole nitrogens is 2. The summed E-state index contributed by atoms with van der Waals surface area (Å²) in [5, 5.41) is 3.45. The van der Waals surface area contributed by atoms with Crippen molar-refractivity contribution in [2.24, 2.45) is 0 Å². The zero-order chi connectivity index (χ0) is 19.1. The highest BCUT2D eigenvalue weighted by Gasteiger charge is 2.18. The largest absolute Gasteiger partial charge is 0.336 e. The van der Waals surface area contributed by atoms with E-state index in [4.69, 9.17) is 0 Å². The van der Waals surface area contributed by atoms with Crippen molar-refractivity contribution in [2.75, 3.05) is 7.05 Å². The van der Waals surface area contributed by atoms with Gasteiger partial charge in [0.2, 0.25) is 0 Å². The summed E-state index contributed by atoms with van der Waals surface area (Å²) in [6.45, 7) is 2.15. The van der Waals surface area contributed by atoms with Gasteiger partial charge in [-0.05, 0) is 40.9 Å². The minimum Gasteiger partial charge on any atom is -0.336 e. The van der Waals surface area contributed by atoms with Gasteiger partial charge in [-0.25, -0.2) is 9.78 Å². The summed E-state index contributed by atoms with van der Waals surface area (Å²) in [7, 11) is 1.70. The molecule has 2 N–H and O–H groups in total. The van der Waals surface area contributed by atoms with E-state index in [9.17, 15) is 14.4 Å². The van der Waals surface area contributed by atoms with Crippen LogP contribution in [0.15, 0.2) is 45.3 Å². The van der Waals surface area contributed by atoms with Gasteiger partial charge in [-0.1, -0.05) is 18.2 Å². The number of aromatic nitrogens is 3. The third-order valence-corrected chi connectivity index (χ3v) is 5.45. The number of fused-ring (bicyclic) bond motifs is 2. The number of benzene rings is 1. The lowest BCUT2D eigenvalue weighted by Crippen LogP contribution is -2.28. The van der Waals surface area contributed by atoms with Crippen molar-refractivity contribution in [2.45, 2.75) is 13.5 Å². The lowest BCUT2D eigenvalue weighted by molar-refractivity contribution is 0.0780. The van der Waals surface area contributed by atoms with E-state index in [1.807, 2.05) is 29.6 Å². The van der Waals surface area contributed by atoms with E-state index in [0.29, 0.717) is 12.1 Å². The fraction of sp³-hybridized carbons (Fsp3) is 0.158. The van der Waals surface area contributed by atoms with Gasteiger partial charge in [0.15, 0.2) is 0 Å². The topological polar surface area (TPSA) is 98.9 Å². The molecule has 0 spiro atoms. The summed E-state index contributed by atoms with van der Waals surface area (Å²) in [4.78, 5) is 46.8. The average Bonchev–Trinajstić information content (AvgIpc) is 3.03. The Balaban J connectivity index is 1.69. The quantitative estimate of drug-likeness (QED) is 0.570. The predicted molar refractivity (Wildman–Crippen MR) is 105 cm³/mol. The molecule has 0 saturated carbocycles. The number of aryl methyl sites for hydroxylation is 1. The van der Waals surface area contributed by atoms with Crippen molar-refractivity contribution >= 4 is 38.4 Å². The highest BCUT2D eigenvalue weighted by molar-refractivity contribution is 7.17. The third kappa shape index (κ3) is 3.04. The van der Waals surface area contributed by atoms with Crippen LogP contribution < -0.4 is 11.2 Å². The average molecular weight is 380 g/mol. The number of hydrogen-bond donors (Lipinski definition) is 2. The lowest BCUT2D eigenvalue weighted by atomic mass is 10.1. The summed E-state index contributed by atoms with van der Waals surface area (Å²) < 4.78 is 1.17. The number of aromatic amines is 2. The first-order chi connectivity index (χ1) is 12.9. The molecule has 1 amide bonds. The second-order valence-corrected chi connectivity index (χ2v) is 7.29. The maximum Gasteiger partial charge on any atom is 0.327 e. The number of rotatable bonds is 3. The summed E-state index contributed by atoms with van der Waals surface area (Å²) in [6.07, 6.45) is 0. The van der Waals surface area contributed by atoms with E-state index in [1.165, 1.54) is 4.70 Å². The Morgan fingerprint density at radius 2 is 2.00 bits per heavy atom. The Morgan fingerprint density at radius 3 is 2.81 bits per heavy atom. The van der Waals surface area contributed by atoms with Gasteiger partial charge >= 0.3 is 5.69 Å². The predicted octanol–water partition coefficient (Wildman–Crippen LogP) is 2.41. The van der Waals surface area contributed by atoms with E-state index in [0.717, 1.165) is 10.9 Å². The van der Waals surface area contributed by atoms with Gasteiger partial charge in [0.1, 0.15) is 11.3 Å². The van der Waals surface area contributed by atoms with Gasteiger partial charge < -0.3 is 4.90 Å². The molecule has 4 rings (SSSR count). The zero-order valence-corrected chi connectivity index (χ0v) is 15.5. The number of thiophene rings is 1. The first-order valence-corrected chi connectivity index (χ1v) is 9.16. The highest BCUT2D eigenvalue weighted by Crippen LogP contribution is 2.26. The maximum atomic E-state index is 12.9. The molecule has 1 aromatic carbocycles. The number of nitrogens with one attached hydrogen (secondary N) is 2. The molecule has 0 radical (unpaired) electrons. The Morgan fingerprint density at radius 1 is 1.22 bits per heavy atom. The normalized spacial score (nSPS) is 11.2. The Kier molecular flexibility index (Phi) is 4.12. The van der Waals surface area contributed by atoms with Crippen molar-refractivity contribution in [3.05, 3.63) is 73.4 Å². The van der Waals surface area contributed by atoms with Crippen LogP contribution in [0.4, 0.5) is 0 Å². The van der Waals surface area contributed by atoms with Crippen LogP contribution in [0.5, 0.6) is 0 Å². The molecule has 7 nitrogen and oxygen atoms in total.